The number of allylic oxidation sites excluding steroid dienone is 1. The first kappa shape index (κ1) is 12.2. The maximum absolute atomic E-state index is 7.25. The van der Waals surface area contributed by atoms with Crippen LogP contribution in [0, 0.1) is 5.41 Å². The number of benzene rings is 1. The molecule has 0 saturated heterocycles. The molecule has 0 aliphatic heterocycles. The number of nitrogens with zero attached hydrogens (tertiary/aromatic N) is 1. The Labute approximate surface area is 99.5 Å². The molecule has 0 bridgehead atoms. The Morgan fingerprint density at radius 1 is 1.38 bits per heavy atom. The summed E-state index contributed by atoms with van der Waals surface area (Å²) in [6.45, 7) is 3.54. The zero-order chi connectivity index (χ0) is 12.0. The summed E-state index contributed by atoms with van der Waals surface area (Å²) in [4.78, 5) is 4.10. The predicted molar refractivity (Wildman–Crippen MR) is 69.2 cm³/mol. The average Bonchev–Trinajstić information content (AvgIpc) is 2.31. The molecule has 0 fully saturated rings. The summed E-state index contributed by atoms with van der Waals surface area (Å²) in [6.07, 6.45) is 3.90. The molecule has 0 saturated carbocycles. The van der Waals surface area contributed by atoms with Gasteiger partial charge < -0.3 is 11.1 Å². The summed E-state index contributed by atoms with van der Waals surface area (Å²) in [5, 5.41) is 7.89. The minimum absolute atomic E-state index is 0.530. The zero-order valence-corrected chi connectivity index (χ0v) is 9.41. The first-order valence-corrected chi connectivity index (χ1v) is 4.98. The molecule has 1 rings (SSSR count). The van der Waals surface area contributed by atoms with Crippen molar-refractivity contribution in [3.05, 3.63) is 59.4 Å². The van der Waals surface area contributed by atoms with E-state index in [4.69, 9.17) is 22.7 Å². The molecule has 3 nitrogen and oxygen atoms in total. The van der Waals surface area contributed by atoms with Crippen molar-refractivity contribution in [2.24, 2.45) is 10.7 Å². The Hall–Kier alpha value is -1.87. The quantitative estimate of drug-likeness (QED) is 0.772. The maximum Gasteiger partial charge on any atom is 0.0803 e. The Balaban J connectivity index is 3.23. The number of nitrogens with two attached hydrogens (primary N) is 1. The second-order valence-corrected chi connectivity index (χ2v) is 3.37. The van der Waals surface area contributed by atoms with Crippen molar-refractivity contribution >= 4 is 23.5 Å². The van der Waals surface area contributed by atoms with Gasteiger partial charge in [0.2, 0.25) is 0 Å². The van der Waals surface area contributed by atoms with E-state index >= 15 is 0 Å². The van der Waals surface area contributed by atoms with Crippen molar-refractivity contribution in [3.63, 3.8) is 0 Å². The van der Waals surface area contributed by atoms with Crippen LogP contribution < -0.4 is 5.73 Å². The van der Waals surface area contributed by atoms with Gasteiger partial charge in [-0.2, -0.15) is 0 Å². The minimum atomic E-state index is 0.530. The molecule has 0 atom stereocenters. The second kappa shape index (κ2) is 5.88. The van der Waals surface area contributed by atoms with Gasteiger partial charge in [-0.25, -0.2) is 0 Å². The van der Waals surface area contributed by atoms with Crippen LogP contribution in [0.3, 0.4) is 0 Å². The van der Waals surface area contributed by atoms with Gasteiger partial charge in [-0.1, -0.05) is 30.3 Å². The highest BCUT2D eigenvalue weighted by atomic mass is 35.5. The Kier molecular flexibility index (Phi) is 4.48. The molecule has 0 aliphatic carbocycles. The van der Waals surface area contributed by atoms with Crippen LogP contribution >= 0.6 is 11.6 Å². The third-order valence-electron chi connectivity index (χ3n) is 1.95. The van der Waals surface area contributed by atoms with Crippen molar-refractivity contribution in [2.45, 2.75) is 0 Å². The van der Waals surface area contributed by atoms with Gasteiger partial charge in [-0.3, -0.25) is 4.99 Å². The van der Waals surface area contributed by atoms with Gasteiger partial charge in [0, 0.05) is 34.8 Å². The fourth-order valence-electron chi connectivity index (χ4n) is 1.21. The molecule has 0 aromatic heterocycles. The van der Waals surface area contributed by atoms with Crippen molar-refractivity contribution in [2.75, 3.05) is 0 Å². The minimum Gasteiger partial charge on any atom is -0.404 e. The molecule has 16 heavy (non-hydrogen) atoms. The topological polar surface area (TPSA) is 62.2 Å². The van der Waals surface area contributed by atoms with E-state index in [1.807, 2.05) is 12.1 Å². The third-order valence-corrected chi connectivity index (χ3v) is 2.20. The van der Waals surface area contributed by atoms with Crippen LogP contribution in [0.5, 0.6) is 0 Å². The molecular formula is C12H12ClN3. The van der Waals surface area contributed by atoms with E-state index in [2.05, 4.69) is 11.6 Å². The van der Waals surface area contributed by atoms with Gasteiger partial charge in [-0.15, -0.1) is 0 Å². The number of hydrogen-bond donors (Lipinski definition) is 2. The van der Waals surface area contributed by atoms with Gasteiger partial charge in [0.1, 0.15) is 0 Å². The highest BCUT2D eigenvalue weighted by Gasteiger charge is 2.06. The highest BCUT2D eigenvalue weighted by molar-refractivity contribution is 6.31. The molecule has 0 heterocycles. The smallest absolute Gasteiger partial charge is 0.0803 e. The molecule has 3 N–H and O–H groups in total. The summed E-state index contributed by atoms with van der Waals surface area (Å²) in [5.74, 6) is 0. The molecule has 0 aliphatic rings. The van der Waals surface area contributed by atoms with E-state index in [0.29, 0.717) is 16.3 Å². The number of hydrogen-bond acceptors (Lipinski definition) is 3. The monoisotopic (exact) mass is 233 g/mol. The molecule has 82 valence electrons. The van der Waals surface area contributed by atoms with Gasteiger partial charge in [-0.05, 0) is 12.1 Å². The molecule has 0 unspecified atom stereocenters. The summed E-state index contributed by atoms with van der Waals surface area (Å²) in [7, 11) is 0. The number of halogens is 1. The first-order chi connectivity index (χ1) is 7.72. The molecule has 1 aromatic rings. The number of aliphatic imine (C=N–C) groups is 1. The van der Waals surface area contributed by atoms with Crippen molar-refractivity contribution in [1.29, 1.82) is 5.41 Å². The van der Waals surface area contributed by atoms with Crippen LogP contribution in [0.15, 0.2) is 53.8 Å². The SMILES string of the molecule is C=C/N=C(\C(C=N)=C/N)c1ccc(Cl)cc1. The Bertz CT molecular complexity index is 444. The molecule has 0 spiro atoms. The standard InChI is InChI=1S/C12H12ClN3/c1-2-16-12(10(7-14)8-15)9-3-5-11(13)6-4-9/h2-8,14H,1,15H2/b10-8-,14-7?,16-12-. The van der Waals surface area contributed by atoms with Crippen LogP contribution in [-0.2, 0) is 0 Å². The fraction of sp³-hybridized carbons (Fsp3) is 0. The Morgan fingerprint density at radius 2 is 2.00 bits per heavy atom. The zero-order valence-electron chi connectivity index (χ0n) is 8.65. The third kappa shape index (κ3) is 2.81. The summed E-state index contributed by atoms with van der Waals surface area (Å²) in [6, 6.07) is 7.15. The first-order valence-electron chi connectivity index (χ1n) is 4.60. The normalized spacial score (nSPS) is 12.3. The van der Waals surface area contributed by atoms with Crippen molar-refractivity contribution in [1.82, 2.24) is 0 Å². The lowest BCUT2D eigenvalue weighted by Crippen LogP contribution is -2.07. The maximum atomic E-state index is 7.25. The lowest BCUT2D eigenvalue weighted by Gasteiger charge is -2.05. The molecule has 4 heteroatoms. The van der Waals surface area contributed by atoms with E-state index in [1.54, 1.807) is 12.1 Å². The van der Waals surface area contributed by atoms with Crippen molar-refractivity contribution < 1.29 is 0 Å². The molecule has 1 aromatic carbocycles. The average molecular weight is 234 g/mol. The van der Waals surface area contributed by atoms with Gasteiger partial charge in [0.25, 0.3) is 0 Å². The fourth-order valence-corrected chi connectivity index (χ4v) is 1.34. The van der Waals surface area contributed by atoms with Gasteiger partial charge in [0.05, 0.1) is 5.71 Å². The van der Waals surface area contributed by atoms with Gasteiger partial charge >= 0.3 is 0 Å². The van der Waals surface area contributed by atoms with E-state index in [1.165, 1.54) is 12.4 Å². The van der Waals surface area contributed by atoms with Crippen LogP contribution in [-0.4, -0.2) is 11.9 Å². The Morgan fingerprint density at radius 3 is 2.44 bits per heavy atom. The highest BCUT2D eigenvalue weighted by Crippen LogP contribution is 2.13. The van der Waals surface area contributed by atoms with Crippen LogP contribution in [0.25, 0.3) is 0 Å². The van der Waals surface area contributed by atoms with Gasteiger partial charge in [0.15, 0.2) is 0 Å². The lowest BCUT2D eigenvalue weighted by atomic mass is 10.0. The lowest BCUT2D eigenvalue weighted by molar-refractivity contribution is 1.48. The van der Waals surface area contributed by atoms with E-state index in [9.17, 15) is 0 Å². The predicted octanol–water partition coefficient (Wildman–Crippen LogP) is 2.76. The van der Waals surface area contributed by atoms with Crippen LogP contribution in [0.2, 0.25) is 5.02 Å². The van der Waals surface area contributed by atoms with E-state index < -0.39 is 0 Å². The van der Waals surface area contributed by atoms with E-state index in [0.717, 1.165) is 11.8 Å². The summed E-state index contributed by atoms with van der Waals surface area (Å²) in [5.41, 5.74) is 7.40. The summed E-state index contributed by atoms with van der Waals surface area (Å²) >= 11 is 5.80. The largest absolute Gasteiger partial charge is 0.404 e. The number of nitrogens with one attached hydrogen (secondary N) is 1. The molecule has 0 radical (unpaired) electrons. The van der Waals surface area contributed by atoms with Crippen LogP contribution in [0.1, 0.15) is 5.56 Å². The molecular weight excluding hydrogens is 222 g/mol. The second-order valence-electron chi connectivity index (χ2n) is 2.93. The van der Waals surface area contributed by atoms with E-state index in [-0.39, 0.29) is 0 Å². The molecule has 0 amide bonds. The van der Waals surface area contributed by atoms with Crippen molar-refractivity contribution in [3.8, 4) is 0 Å². The number of rotatable bonds is 4. The van der Waals surface area contributed by atoms with Crippen LogP contribution in [0.4, 0.5) is 0 Å². The summed E-state index contributed by atoms with van der Waals surface area (Å²) < 4.78 is 0.